The zero-order valence-corrected chi connectivity index (χ0v) is 13.4. The van der Waals surface area contributed by atoms with Crippen LogP contribution in [0.2, 0.25) is 0 Å². The van der Waals surface area contributed by atoms with E-state index in [9.17, 15) is 0 Å². The second kappa shape index (κ2) is 5.51. The first-order chi connectivity index (χ1) is 11.9. The standard InChI is InChI=1S/C17H19N7/c1-2-12(1)14-3-4-16-20-21-17(24(16)22-14)13-6-9-23(10-7-13)15-5-8-18-11-19-15/h3-5,8,11-13H,1-2,6-7,9-10H2. The summed E-state index contributed by atoms with van der Waals surface area (Å²) in [6.45, 7) is 1.94. The summed E-state index contributed by atoms with van der Waals surface area (Å²) in [5.74, 6) is 3.06. The van der Waals surface area contributed by atoms with E-state index in [0.717, 1.165) is 43.2 Å². The third-order valence-corrected chi connectivity index (χ3v) is 5.05. The van der Waals surface area contributed by atoms with E-state index in [1.807, 2.05) is 16.6 Å². The predicted molar refractivity (Wildman–Crippen MR) is 89.0 cm³/mol. The maximum atomic E-state index is 4.81. The SMILES string of the molecule is c1cc(N2CCC(c3nnc4ccc(C5CC5)nn34)CC2)ncn1. The van der Waals surface area contributed by atoms with E-state index in [1.54, 1.807) is 12.5 Å². The fourth-order valence-corrected chi connectivity index (χ4v) is 3.51. The van der Waals surface area contributed by atoms with Gasteiger partial charge in [0.05, 0.1) is 5.69 Å². The van der Waals surface area contributed by atoms with Crippen molar-refractivity contribution in [1.29, 1.82) is 0 Å². The van der Waals surface area contributed by atoms with Crippen molar-refractivity contribution < 1.29 is 0 Å². The van der Waals surface area contributed by atoms with Crippen molar-refractivity contribution in [3.8, 4) is 0 Å². The Morgan fingerprint density at radius 2 is 1.79 bits per heavy atom. The highest BCUT2D eigenvalue weighted by atomic mass is 15.4. The molecule has 0 unspecified atom stereocenters. The van der Waals surface area contributed by atoms with E-state index in [-0.39, 0.29) is 0 Å². The van der Waals surface area contributed by atoms with Crippen LogP contribution in [0.4, 0.5) is 5.82 Å². The summed E-state index contributed by atoms with van der Waals surface area (Å²) in [5, 5.41) is 13.6. The molecular formula is C17H19N7. The van der Waals surface area contributed by atoms with Crippen molar-refractivity contribution in [2.75, 3.05) is 18.0 Å². The van der Waals surface area contributed by atoms with Crippen LogP contribution in [0.3, 0.4) is 0 Å². The molecule has 1 aliphatic carbocycles. The minimum absolute atomic E-state index is 0.403. The first-order valence-corrected chi connectivity index (χ1v) is 8.62. The van der Waals surface area contributed by atoms with Gasteiger partial charge in [-0.2, -0.15) is 9.61 Å². The topological polar surface area (TPSA) is 72.1 Å². The third kappa shape index (κ3) is 2.40. The first kappa shape index (κ1) is 13.8. The molecule has 1 saturated heterocycles. The fraction of sp³-hybridized carbons (Fsp3) is 0.471. The fourth-order valence-electron chi connectivity index (χ4n) is 3.51. The minimum atomic E-state index is 0.403. The number of hydrogen-bond acceptors (Lipinski definition) is 6. The van der Waals surface area contributed by atoms with Crippen molar-refractivity contribution in [1.82, 2.24) is 29.8 Å². The number of aromatic nitrogens is 6. The molecular weight excluding hydrogens is 302 g/mol. The lowest BCUT2D eigenvalue weighted by atomic mass is 9.96. The van der Waals surface area contributed by atoms with Crippen LogP contribution in [0.15, 0.2) is 30.7 Å². The van der Waals surface area contributed by atoms with Crippen molar-refractivity contribution in [3.05, 3.63) is 42.2 Å². The minimum Gasteiger partial charge on any atom is -0.356 e. The number of rotatable bonds is 3. The van der Waals surface area contributed by atoms with E-state index in [4.69, 9.17) is 5.10 Å². The maximum absolute atomic E-state index is 4.81. The Labute approximate surface area is 139 Å². The maximum Gasteiger partial charge on any atom is 0.177 e. The van der Waals surface area contributed by atoms with Gasteiger partial charge in [-0.1, -0.05) is 0 Å². The second-order valence-corrected chi connectivity index (χ2v) is 6.69. The Balaban J connectivity index is 1.38. The lowest BCUT2D eigenvalue weighted by molar-refractivity contribution is 0.474. The molecule has 3 aromatic rings. The molecule has 122 valence electrons. The average Bonchev–Trinajstić information content (AvgIpc) is 3.42. The number of nitrogens with zero attached hydrogens (tertiary/aromatic N) is 7. The molecule has 0 atom stereocenters. The summed E-state index contributed by atoms with van der Waals surface area (Å²) in [6.07, 6.45) is 8.00. The van der Waals surface area contributed by atoms with Gasteiger partial charge in [-0.15, -0.1) is 10.2 Å². The van der Waals surface area contributed by atoms with Crippen LogP contribution in [0, 0.1) is 0 Å². The van der Waals surface area contributed by atoms with Crippen LogP contribution in [-0.2, 0) is 0 Å². The van der Waals surface area contributed by atoms with Crippen LogP contribution in [0.1, 0.15) is 49.0 Å². The number of anilines is 1. The van der Waals surface area contributed by atoms with Crippen LogP contribution < -0.4 is 4.90 Å². The Kier molecular flexibility index (Phi) is 3.17. The van der Waals surface area contributed by atoms with E-state index in [2.05, 4.69) is 31.1 Å². The molecule has 0 spiro atoms. The van der Waals surface area contributed by atoms with Gasteiger partial charge in [0.15, 0.2) is 11.5 Å². The lowest BCUT2D eigenvalue weighted by Gasteiger charge is -2.31. The summed E-state index contributed by atoms with van der Waals surface area (Å²) >= 11 is 0. The van der Waals surface area contributed by atoms with Crippen LogP contribution in [0.5, 0.6) is 0 Å². The molecule has 2 fully saturated rings. The monoisotopic (exact) mass is 321 g/mol. The van der Waals surface area contributed by atoms with Crippen LogP contribution in [0.25, 0.3) is 5.65 Å². The lowest BCUT2D eigenvalue weighted by Crippen LogP contribution is -2.34. The molecule has 0 N–H and O–H groups in total. The predicted octanol–water partition coefficient (Wildman–Crippen LogP) is 2.18. The molecule has 4 heterocycles. The summed E-state index contributed by atoms with van der Waals surface area (Å²) in [5.41, 5.74) is 2.04. The van der Waals surface area contributed by atoms with Gasteiger partial charge < -0.3 is 4.90 Å². The molecule has 2 aliphatic rings. The van der Waals surface area contributed by atoms with Gasteiger partial charge in [-0.05, 0) is 43.9 Å². The average molecular weight is 321 g/mol. The number of fused-ring (bicyclic) bond motifs is 1. The third-order valence-electron chi connectivity index (χ3n) is 5.05. The molecule has 24 heavy (non-hydrogen) atoms. The van der Waals surface area contributed by atoms with Gasteiger partial charge in [-0.25, -0.2) is 9.97 Å². The highest BCUT2D eigenvalue weighted by Gasteiger charge is 2.28. The van der Waals surface area contributed by atoms with Gasteiger partial charge in [0.25, 0.3) is 0 Å². The van der Waals surface area contributed by atoms with E-state index in [1.165, 1.54) is 18.5 Å². The largest absolute Gasteiger partial charge is 0.356 e. The highest BCUT2D eigenvalue weighted by molar-refractivity contribution is 5.39. The van der Waals surface area contributed by atoms with Crippen molar-refractivity contribution >= 4 is 11.5 Å². The van der Waals surface area contributed by atoms with Crippen LogP contribution in [-0.4, -0.2) is 42.9 Å². The first-order valence-electron chi connectivity index (χ1n) is 8.62. The summed E-state index contributed by atoms with van der Waals surface area (Å²) in [7, 11) is 0. The molecule has 7 heteroatoms. The Morgan fingerprint density at radius 3 is 2.54 bits per heavy atom. The zero-order chi connectivity index (χ0) is 15.9. The quantitative estimate of drug-likeness (QED) is 0.736. The zero-order valence-electron chi connectivity index (χ0n) is 13.4. The number of piperidine rings is 1. The Morgan fingerprint density at radius 1 is 0.917 bits per heavy atom. The van der Waals surface area contributed by atoms with Crippen LogP contribution >= 0.6 is 0 Å². The smallest absolute Gasteiger partial charge is 0.177 e. The molecule has 3 aromatic heterocycles. The summed E-state index contributed by atoms with van der Waals surface area (Å²) in [6, 6.07) is 6.12. The molecule has 0 radical (unpaired) electrons. The molecule has 7 nitrogen and oxygen atoms in total. The van der Waals surface area contributed by atoms with Crippen molar-refractivity contribution in [2.24, 2.45) is 0 Å². The normalized spacial score (nSPS) is 19.1. The Bertz CT molecular complexity index is 848. The van der Waals surface area contributed by atoms with E-state index in [0.29, 0.717) is 11.8 Å². The van der Waals surface area contributed by atoms with Gasteiger partial charge in [0.2, 0.25) is 0 Å². The highest BCUT2D eigenvalue weighted by Crippen LogP contribution is 2.39. The molecule has 0 amide bonds. The van der Waals surface area contributed by atoms with Crippen molar-refractivity contribution in [2.45, 2.75) is 37.5 Å². The van der Waals surface area contributed by atoms with Gasteiger partial charge in [-0.3, -0.25) is 0 Å². The van der Waals surface area contributed by atoms with E-state index < -0.39 is 0 Å². The molecule has 0 bridgehead atoms. The molecule has 1 saturated carbocycles. The molecule has 1 aliphatic heterocycles. The van der Waals surface area contributed by atoms with Gasteiger partial charge in [0, 0.05) is 31.1 Å². The summed E-state index contributed by atoms with van der Waals surface area (Å²) < 4.78 is 1.97. The second-order valence-electron chi connectivity index (χ2n) is 6.69. The summed E-state index contributed by atoms with van der Waals surface area (Å²) in [4.78, 5) is 10.6. The van der Waals surface area contributed by atoms with Gasteiger partial charge in [0.1, 0.15) is 12.1 Å². The van der Waals surface area contributed by atoms with Crippen molar-refractivity contribution in [3.63, 3.8) is 0 Å². The Hall–Kier alpha value is -2.57. The molecule has 5 rings (SSSR count). The van der Waals surface area contributed by atoms with Gasteiger partial charge >= 0.3 is 0 Å². The van der Waals surface area contributed by atoms with E-state index >= 15 is 0 Å². The number of hydrogen-bond donors (Lipinski definition) is 0. The molecule has 0 aromatic carbocycles.